The monoisotopic (exact) mass is 275 g/mol. The van der Waals surface area contributed by atoms with Crippen molar-refractivity contribution in [3.8, 4) is 0 Å². The maximum atomic E-state index is 11.8. The van der Waals surface area contributed by atoms with Gasteiger partial charge in [0.2, 0.25) is 5.91 Å². The van der Waals surface area contributed by atoms with Crippen LogP contribution in [0.3, 0.4) is 0 Å². The fourth-order valence-electron chi connectivity index (χ4n) is 2.18. The van der Waals surface area contributed by atoms with Crippen molar-refractivity contribution < 1.29 is 4.79 Å². The van der Waals surface area contributed by atoms with Crippen LogP contribution < -0.4 is 5.32 Å². The smallest absolute Gasteiger partial charge is 0.234 e. The predicted octanol–water partition coefficient (Wildman–Crippen LogP) is 3.10. The summed E-state index contributed by atoms with van der Waals surface area (Å²) in [5.74, 6) is 1.19. The van der Waals surface area contributed by atoms with Gasteiger partial charge in [0.1, 0.15) is 0 Å². The zero-order valence-corrected chi connectivity index (χ0v) is 11.5. The van der Waals surface area contributed by atoms with E-state index in [2.05, 4.69) is 42.0 Å². The molecule has 2 atom stereocenters. The fourth-order valence-corrected chi connectivity index (χ4v) is 2.31. The molecule has 0 radical (unpaired) electrons. The number of alkyl halides is 1. The Morgan fingerprint density at radius 3 is 2.27 bits per heavy atom. The summed E-state index contributed by atoms with van der Waals surface area (Å²) in [4.78, 5) is 11.7. The molecule has 1 N–H and O–H groups in total. The van der Waals surface area contributed by atoms with Crippen LogP contribution in [0, 0.1) is 11.8 Å². The van der Waals surface area contributed by atoms with Crippen molar-refractivity contribution in [1.29, 1.82) is 0 Å². The Kier molecular flexibility index (Phi) is 5.10. The summed E-state index contributed by atoms with van der Waals surface area (Å²) in [5, 5.41) is 3.12. The molecule has 0 saturated heterocycles. The Morgan fingerprint density at radius 1 is 1.27 bits per heavy atom. The molecule has 3 heteroatoms. The van der Waals surface area contributed by atoms with Crippen molar-refractivity contribution in [3.63, 3.8) is 0 Å². The quantitative estimate of drug-likeness (QED) is 0.785. The number of rotatable bonds is 4. The van der Waals surface area contributed by atoms with Gasteiger partial charge in [-0.2, -0.15) is 0 Å². The first kappa shape index (κ1) is 13.0. The van der Waals surface area contributed by atoms with Crippen LogP contribution in [0.2, 0.25) is 0 Å². The van der Waals surface area contributed by atoms with Gasteiger partial charge in [0.15, 0.2) is 0 Å². The standard InChI is InChI=1S/C12H22BrNO/c1-8(2)11(13)12(15)14-9(3)10-6-4-5-7-10/h8-11H,4-7H2,1-3H3,(H,14,15)/t9-,11?/m1/s1. The molecule has 0 aromatic heterocycles. The van der Waals surface area contributed by atoms with E-state index in [-0.39, 0.29) is 10.7 Å². The molecule has 1 rings (SSSR count). The van der Waals surface area contributed by atoms with Crippen molar-refractivity contribution in [2.45, 2.75) is 57.3 Å². The van der Waals surface area contributed by atoms with Crippen molar-refractivity contribution >= 4 is 21.8 Å². The van der Waals surface area contributed by atoms with Crippen LogP contribution in [0.1, 0.15) is 46.5 Å². The Bertz CT molecular complexity index is 212. The second kappa shape index (κ2) is 5.88. The molecule has 88 valence electrons. The Hall–Kier alpha value is -0.0500. The van der Waals surface area contributed by atoms with E-state index in [9.17, 15) is 4.79 Å². The van der Waals surface area contributed by atoms with Crippen LogP contribution in [-0.2, 0) is 4.79 Å². The lowest BCUT2D eigenvalue weighted by molar-refractivity contribution is -0.122. The van der Waals surface area contributed by atoms with Crippen LogP contribution in [0.25, 0.3) is 0 Å². The van der Waals surface area contributed by atoms with Crippen LogP contribution >= 0.6 is 15.9 Å². The molecule has 0 aliphatic heterocycles. The van der Waals surface area contributed by atoms with Crippen molar-refractivity contribution in [1.82, 2.24) is 5.32 Å². The van der Waals surface area contributed by atoms with Gasteiger partial charge in [0, 0.05) is 6.04 Å². The topological polar surface area (TPSA) is 29.1 Å². The molecule has 0 heterocycles. The van der Waals surface area contributed by atoms with E-state index >= 15 is 0 Å². The number of halogens is 1. The maximum Gasteiger partial charge on any atom is 0.234 e. The van der Waals surface area contributed by atoms with Gasteiger partial charge >= 0.3 is 0 Å². The predicted molar refractivity (Wildman–Crippen MR) is 67.1 cm³/mol. The van der Waals surface area contributed by atoms with Crippen LogP contribution in [0.5, 0.6) is 0 Å². The normalized spacial score (nSPS) is 21.7. The third-order valence-corrected chi connectivity index (χ3v) is 4.79. The molecule has 1 saturated carbocycles. The van der Waals surface area contributed by atoms with E-state index in [1.54, 1.807) is 0 Å². The van der Waals surface area contributed by atoms with Gasteiger partial charge in [-0.05, 0) is 31.6 Å². The maximum absolute atomic E-state index is 11.8. The van der Waals surface area contributed by atoms with Gasteiger partial charge in [0.05, 0.1) is 4.83 Å². The third kappa shape index (κ3) is 3.78. The highest BCUT2D eigenvalue weighted by Gasteiger charge is 2.25. The lowest BCUT2D eigenvalue weighted by atomic mass is 9.99. The first-order valence-electron chi connectivity index (χ1n) is 5.96. The molecular formula is C12H22BrNO. The van der Waals surface area contributed by atoms with Gasteiger partial charge in [0.25, 0.3) is 0 Å². The SMILES string of the molecule is CC(C)C(Br)C(=O)N[C@H](C)C1CCCC1. The third-order valence-electron chi connectivity index (χ3n) is 3.31. The zero-order chi connectivity index (χ0) is 11.4. The number of nitrogens with one attached hydrogen (secondary N) is 1. The Balaban J connectivity index is 2.36. The van der Waals surface area contributed by atoms with Crippen LogP contribution in [-0.4, -0.2) is 16.8 Å². The molecule has 2 nitrogen and oxygen atoms in total. The molecule has 1 fully saturated rings. The fraction of sp³-hybridized carbons (Fsp3) is 0.917. The highest BCUT2D eigenvalue weighted by molar-refractivity contribution is 9.10. The van der Waals surface area contributed by atoms with Crippen molar-refractivity contribution in [3.05, 3.63) is 0 Å². The van der Waals surface area contributed by atoms with Gasteiger partial charge in [-0.25, -0.2) is 0 Å². The van der Waals surface area contributed by atoms with E-state index in [0.717, 1.165) is 0 Å². The molecule has 1 aliphatic rings. The lowest BCUT2D eigenvalue weighted by Crippen LogP contribution is -2.42. The first-order valence-corrected chi connectivity index (χ1v) is 6.88. The molecule has 0 aromatic rings. The summed E-state index contributed by atoms with van der Waals surface area (Å²) in [6.07, 6.45) is 5.20. The number of carbonyl (C=O) groups is 1. The zero-order valence-electron chi connectivity index (χ0n) is 9.92. The molecule has 1 unspecified atom stereocenters. The molecule has 0 aromatic carbocycles. The number of carbonyl (C=O) groups excluding carboxylic acids is 1. The summed E-state index contributed by atoms with van der Waals surface area (Å²) >= 11 is 3.43. The summed E-state index contributed by atoms with van der Waals surface area (Å²) in [6, 6.07) is 0.332. The van der Waals surface area contributed by atoms with Gasteiger partial charge in [-0.15, -0.1) is 0 Å². The number of hydrogen-bond acceptors (Lipinski definition) is 1. The van der Waals surface area contributed by atoms with Crippen LogP contribution in [0.15, 0.2) is 0 Å². The summed E-state index contributed by atoms with van der Waals surface area (Å²) in [7, 11) is 0. The van der Waals surface area contributed by atoms with E-state index in [4.69, 9.17) is 0 Å². The lowest BCUT2D eigenvalue weighted by Gasteiger charge is -2.23. The van der Waals surface area contributed by atoms with Crippen LogP contribution in [0.4, 0.5) is 0 Å². The van der Waals surface area contributed by atoms with E-state index < -0.39 is 0 Å². The largest absolute Gasteiger partial charge is 0.352 e. The molecule has 0 spiro atoms. The molecule has 1 aliphatic carbocycles. The Labute approximate surface area is 101 Å². The first-order chi connectivity index (χ1) is 7.02. The van der Waals surface area contributed by atoms with Gasteiger partial charge in [-0.1, -0.05) is 42.6 Å². The van der Waals surface area contributed by atoms with Gasteiger partial charge in [-0.3, -0.25) is 4.79 Å². The summed E-state index contributed by atoms with van der Waals surface area (Å²) in [5.41, 5.74) is 0. The van der Waals surface area contributed by atoms with Gasteiger partial charge < -0.3 is 5.32 Å². The highest BCUT2D eigenvalue weighted by atomic mass is 79.9. The number of amides is 1. The summed E-state index contributed by atoms with van der Waals surface area (Å²) < 4.78 is 0. The molecular weight excluding hydrogens is 254 g/mol. The van der Waals surface area contributed by atoms with Crippen molar-refractivity contribution in [2.24, 2.45) is 11.8 Å². The second-order valence-corrected chi connectivity index (χ2v) is 5.97. The molecule has 1 amide bonds. The summed E-state index contributed by atoms with van der Waals surface area (Å²) in [6.45, 7) is 6.24. The van der Waals surface area contributed by atoms with E-state index in [1.165, 1.54) is 25.7 Å². The second-order valence-electron chi connectivity index (χ2n) is 4.99. The average molecular weight is 276 g/mol. The highest BCUT2D eigenvalue weighted by Crippen LogP contribution is 2.27. The minimum Gasteiger partial charge on any atom is -0.352 e. The van der Waals surface area contributed by atoms with E-state index in [0.29, 0.717) is 17.9 Å². The minimum absolute atomic E-state index is 0.0543. The number of hydrogen-bond donors (Lipinski definition) is 1. The average Bonchev–Trinajstić information content (AvgIpc) is 2.68. The Morgan fingerprint density at radius 2 is 1.80 bits per heavy atom. The molecule has 0 bridgehead atoms. The van der Waals surface area contributed by atoms with E-state index in [1.807, 2.05) is 0 Å². The minimum atomic E-state index is -0.0543. The van der Waals surface area contributed by atoms with Crippen molar-refractivity contribution in [2.75, 3.05) is 0 Å². The molecule has 15 heavy (non-hydrogen) atoms.